The van der Waals surface area contributed by atoms with Crippen LogP contribution in [0.4, 0.5) is 0 Å². The van der Waals surface area contributed by atoms with E-state index in [1.54, 1.807) is 0 Å². The van der Waals surface area contributed by atoms with Gasteiger partial charge in [-0.2, -0.15) is 0 Å². The highest BCUT2D eigenvalue weighted by Gasteiger charge is 2.55. The van der Waals surface area contributed by atoms with Crippen molar-refractivity contribution in [3.8, 4) is 0 Å². The summed E-state index contributed by atoms with van der Waals surface area (Å²) in [4.78, 5) is 23.0. The molecule has 0 saturated heterocycles. The average Bonchev–Trinajstić information content (AvgIpc) is 3.25. The van der Waals surface area contributed by atoms with Gasteiger partial charge in [0.1, 0.15) is 0 Å². The molecule has 37 heavy (non-hydrogen) atoms. The first kappa shape index (κ1) is 27.9. The normalized spacial score (nSPS) is 26.5. The molecule has 5 nitrogen and oxygen atoms in total. The zero-order chi connectivity index (χ0) is 26.6. The van der Waals surface area contributed by atoms with Crippen LogP contribution in [0.1, 0.15) is 56.2 Å². The summed E-state index contributed by atoms with van der Waals surface area (Å²) in [5, 5.41) is 1.45. The SMILES string of the molecule is CCCN1C=NC(Cc2ccc(Cl)cc2)(C(=O)OC)C1C1CCC(C(c2ccc(Cl)cc2)N(C)C)CC1. The minimum absolute atomic E-state index is 0.0233. The Morgan fingerprint density at radius 1 is 1.05 bits per heavy atom. The summed E-state index contributed by atoms with van der Waals surface area (Å²) in [6.07, 6.45) is 7.71. The standard InChI is InChI=1S/C30H39Cl2N3O2/c1-5-18-35-20-33-30(29(36)37-4,19-21-6-14-25(31)15-7-21)28(35)24-10-8-22(9-11-24)27(34(2)3)23-12-16-26(32)17-13-23/h6-7,12-17,20,22,24,27-28H,5,8-11,18-19H2,1-4H3. The van der Waals surface area contributed by atoms with Crippen molar-refractivity contribution in [2.45, 2.75) is 63.1 Å². The van der Waals surface area contributed by atoms with Gasteiger partial charge in [0, 0.05) is 29.1 Å². The van der Waals surface area contributed by atoms with Gasteiger partial charge in [-0.1, -0.05) is 54.4 Å². The third kappa shape index (κ3) is 6.00. The largest absolute Gasteiger partial charge is 0.467 e. The Hall–Kier alpha value is -2.08. The van der Waals surface area contributed by atoms with Crippen LogP contribution in [0, 0.1) is 11.8 Å². The molecule has 0 aromatic heterocycles. The maximum atomic E-state index is 13.5. The second-order valence-corrected chi connectivity index (χ2v) is 11.7. The van der Waals surface area contributed by atoms with Crippen molar-refractivity contribution in [1.29, 1.82) is 0 Å². The maximum absolute atomic E-state index is 13.5. The molecule has 200 valence electrons. The Kier molecular flexibility index (Phi) is 9.20. The molecule has 1 aliphatic carbocycles. The predicted octanol–water partition coefficient (Wildman–Crippen LogP) is 6.68. The molecular weight excluding hydrogens is 505 g/mol. The Morgan fingerprint density at radius 2 is 1.65 bits per heavy atom. The highest BCUT2D eigenvalue weighted by Crippen LogP contribution is 2.45. The third-order valence-electron chi connectivity index (χ3n) is 8.17. The molecule has 0 radical (unpaired) electrons. The Labute approximate surface area is 231 Å². The zero-order valence-electron chi connectivity index (χ0n) is 22.4. The lowest BCUT2D eigenvalue weighted by Crippen LogP contribution is -2.57. The lowest BCUT2D eigenvalue weighted by molar-refractivity contribution is -0.149. The van der Waals surface area contributed by atoms with E-state index in [2.05, 4.69) is 43.0 Å². The molecule has 2 aromatic carbocycles. The van der Waals surface area contributed by atoms with Crippen molar-refractivity contribution >= 4 is 35.5 Å². The number of ether oxygens (including phenoxy) is 1. The van der Waals surface area contributed by atoms with Gasteiger partial charge in [-0.3, -0.25) is 4.99 Å². The number of rotatable bonds is 9. The first-order chi connectivity index (χ1) is 17.8. The molecule has 2 aliphatic rings. The summed E-state index contributed by atoms with van der Waals surface area (Å²) in [6.45, 7) is 3.05. The monoisotopic (exact) mass is 543 g/mol. The first-order valence-corrected chi connectivity index (χ1v) is 14.1. The average molecular weight is 545 g/mol. The summed E-state index contributed by atoms with van der Waals surface area (Å²) < 4.78 is 5.42. The molecule has 0 bridgehead atoms. The van der Waals surface area contributed by atoms with Crippen LogP contribution < -0.4 is 0 Å². The van der Waals surface area contributed by atoms with Crippen LogP contribution >= 0.6 is 23.2 Å². The summed E-state index contributed by atoms with van der Waals surface area (Å²) >= 11 is 12.3. The number of aliphatic imine (C=N–C) groups is 1. The third-order valence-corrected chi connectivity index (χ3v) is 8.67. The van der Waals surface area contributed by atoms with E-state index in [-0.39, 0.29) is 12.0 Å². The maximum Gasteiger partial charge on any atom is 0.336 e. The van der Waals surface area contributed by atoms with Gasteiger partial charge in [-0.25, -0.2) is 4.79 Å². The number of nitrogens with zero attached hydrogens (tertiary/aromatic N) is 3. The summed E-state index contributed by atoms with van der Waals surface area (Å²) in [5.74, 6) is 0.639. The molecule has 1 heterocycles. The Balaban J connectivity index is 1.59. The summed E-state index contributed by atoms with van der Waals surface area (Å²) in [6, 6.07) is 16.3. The van der Waals surface area contributed by atoms with Crippen LogP contribution in [0.2, 0.25) is 10.0 Å². The van der Waals surface area contributed by atoms with E-state index in [4.69, 9.17) is 32.9 Å². The topological polar surface area (TPSA) is 45.1 Å². The molecule has 0 spiro atoms. The van der Waals surface area contributed by atoms with E-state index >= 15 is 0 Å². The number of halogens is 2. The van der Waals surface area contributed by atoms with E-state index < -0.39 is 5.54 Å². The lowest BCUT2D eigenvalue weighted by atomic mass is 9.68. The van der Waals surface area contributed by atoms with Crippen LogP contribution in [-0.2, 0) is 16.0 Å². The highest BCUT2D eigenvalue weighted by molar-refractivity contribution is 6.30. The van der Waals surface area contributed by atoms with Crippen molar-refractivity contribution in [3.63, 3.8) is 0 Å². The molecule has 1 fully saturated rings. The van der Waals surface area contributed by atoms with E-state index in [0.29, 0.717) is 29.3 Å². The number of hydrogen-bond acceptors (Lipinski definition) is 5. The second kappa shape index (κ2) is 12.2. The molecule has 3 unspecified atom stereocenters. The zero-order valence-corrected chi connectivity index (χ0v) is 23.9. The number of hydrogen-bond donors (Lipinski definition) is 0. The van der Waals surface area contributed by atoms with Crippen LogP contribution in [0.25, 0.3) is 0 Å². The van der Waals surface area contributed by atoms with Crippen molar-refractivity contribution < 1.29 is 9.53 Å². The Morgan fingerprint density at radius 3 is 2.19 bits per heavy atom. The summed E-state index contributed by atoms with van der Waals surface area (Å²) in [7, 11) is 5.80. The number of benzene rings is 2. The van der Waals surface area contributed by atoms with Crippen LogP contribution in [-0.4, -0.2) is 61.4 Å². The number of esters is 1. The van der Waals surface area contributed by atoms with Crippen molar-refractivity contribution in [3.05, 3.63) is 69.7 Å². The summed E-state index contributed by atoms with van der Waals surface area (Å²) in [5.41, 5.74) is 1.40. The predicted molar refractivity (Wildman–Crippen MR) is 153 cm³/mol. The van der Waals surface area contributed by atoms with Gasteiger partial charge in [0.15, 0.2) is 5.54 Å². The molecule has 4 rings (SSSR count). The Bertz CT molecular complexity index is 1070. The fourth-order valence-electron chi connectivity index (χ4n) is 6.63. The molecule has 3 atom stereocenters. The molecule has 7 heteroatoms. The number of methoxy groups -OCH3 is 1. The van der Waals surface area contributed by atoms with Crippen molar-refractivity contribution in [2.75, 3.05) is 27.7 Å². The van der Waals surface area contributed by atoms with Gasteiger partial charge in [0.05, 0.1) is 19.5 Å². The molecule has 1 saturated carbocycles. The molecule has 0 N–H and O–H groups in total. The highest BCUT2D eigenvalue weighted by atomic mass is 35.5. The second-order valence-electron chi connectivity index (χ2n) is 10.8. The van der Waals surface area contributed by atoms with Crippen LogP contribution in [0.15, 0.2) is 53.5 Å². The van der Waals surface area contributed by atoms with Gasteiger partial charge in [0.25, 0.3) is 0 Å². The van der Waals surface area contributed by atoms with Crippen LogP contribution in [0.3, 0.4) is 0 Å². The van der Waals surface area contributed by atoms with E-state index in [1.807, 2.05) is 42.7 Å². The van der Waals surface area contributed by atoms with E-state index in [9.17, 15) is 4.79 Å². The number of carbonyl (C=O) groups is 1. The molecular formula is C30H39Cl2N3O2. The van der Waals surface area contributed by atoms with Gasteiger partial charge in [-0.05, 0) is 93.4 Å². The van der Waals surface area contributed by atoms with E-state index in [0.717, 1.165) is 49.2 Å². The lowest BCUT2D eigenvalue weighted by Gasteiger charge is -2.44. The van der Waals surface area contributed by atoms with Gasteiger partial charge >= 0.3 is 5.97 Å². The quantitative estimate of drug-likeness (QED) is 0.331. The molecule has 0 amide bonds. The smallest absolute Gasteiger partial charge is 0.336 e. The first-order valence-electron chi connectivity index (χ1n) is 13.3. The minimum Gasteiger partial charge on any atom is -0.467 e. The minimum atomic E-state index is -0.952. The number of carbonyl (C=O) groups excluding carboxylic acids is 1. The van der Waals surface area contributed by atoms with Gasteiger partial charge in [0.2, 0.25) is 0 Å². The molecule has 1 aliphatic heterocycles. The van der Waals surface area contributed by atoms with Crippen molar-refractivity contribution in [1.82, 2.24) is 9.80 Å². The van der Waals surface area contributed by atoms with Gasteiger partial charge in [-0.15, -0.1) is 0 Å². The van der Waals surface area contributed by atoms with Crippen molar-refractivity contribution in [2.24, 2.45) is 16.8 Å². The van der Waals surface area contributed by atoms with E-state index in [1.165, 1.54) is 12.7 Å². The van der Waals surface area contributed by atoms with Gasteiger partial charge < -0.3 is 14.5 Å². The fourth-order valence-corrected chi connectivity index (χ4v) is 6.88. The molecule has 2 aromatic rings. The van der Waals surface area contributed by atoms with Crippen LogP contribution in [0.5, 0.6) is 0 Å². The fraction of sp³-hybridized carbons (Fsp3) is 0.533.